The molecular weight excluding hydrogens is 442 g/mol. The van der Waals surface area contributed by atoms with Gasteiger partial charge in [-0.05, 0) is 39.3 Å². The number of pyridine rings is 1. The summed E-state index contributed by atoms with van der Waals surface area (Å²) in [4.78, 5) is 14.4. The summed E-state index contributed by atoms with van der Waals surface area (Å²) in [6, 6.07) is 3.68. The molecular formula is C19H22ClN7O3S. The van der Waals surface area contributed by atoms with Gasteiger partial charge in [-0.2, -0.15) is 13.7 Å². The molecule has 1 N–H and O–H groups in total. The Hall–Kier alpha value is -2.81. The largest absolute Gasteiger partial charge is 0.378 e. The summed E-state index contributed by atoms with van der Waals surface area (Å²) in [6.07, 6.45) is 0. The summed E-state index contributed by atoms with van der Waals surface area (Å²) < 4.78 is 35.8. The highest BCUT2D eigenvalue weighted by Gasteiger charge is 2.27. The van der Waals surface area contributed by atoms with Crippen molar-refractivity contribution in [3.8, 4) is 6.07 Å². The van der Waals surface area contributed by atoms with Crippen LogP contribution >= 0.6 is 11.6 Å². The Balaban J connectivity index is 2.12. The SMILES string of the molecule is Cc1cc(C)nc(N/C(=N\S(=O)(=O)c2nc(C)c(Cl)c(C)c2C#N)N2CCOCC2)n1. The Morgan fingerprint density at radius 2 is 1.81 bits per heavy atom. The van der Waals surface area contributed by atoms with Crippen molar-refractivity contribution in [2.75, 3.05) is 31.6 Å². The van der Waals surface area contributed by atoms with Crippen molar-refractivity contribution in [1.82, 2.24) is 19.9 Å². The van der Waals surface area contributed by atoms with Crippen LogP contribution in [0.25, 0.3) is 0 Å². The Bertz CT molecular complexity index is 1170. The molecule has 0 unspecified atom stereocenters. The predicted octanol–water partition coefficient (Wildman–Crippen LogP) is 2.12. The van der Waals surface area contributed by atoms with Crippen LogP contribution in [-0.4, -0.2) is 60.5 Å². The van der Waals surface area contributed by atoms with E-state index in [-0.39, 0.29) is 22.5 Å². The molecule has 3 rings (SSSR count). The van der Waals surface area contributed by atoms with Crippen molar-refractivity contribution in [2.24, 2.45) is 4.40 Å². The number of morpholine rings is 1. The Morgan fingerprint density at radius 1 is 1.19 bits per heavy atom. The average molecular weight is 464 g/mol. The number of anilines is 1. The fourth-order valence-electron chi connectivity index (χ4n) is 3.09. The van der Waals surface area contributed by atoms with E-state index in [1.807, 2.05) is 19.9 Å². The normalized spacial score (nSPS) is 15.0. The van der Waals surface area contributed by atoms with E-state index >= 15 is 0 Å². The molecule has 0 aliphatic carbocycles. The zero-order valence-corrected chi connectivity index (χ0v) is 19.2. The van der Waals surface area contributed by atoms with Crippen molar-refractivity contribution in [1.29, 1.82) is 5.26 Å². The zero-order chi connectivity index (χ0) is 22.8. The summed E-state index contributed by atoms with van der Waals surface area (Å²) in [5, 5.41) is 12.3. The standard InChI is InChI=1S/C19H22ClN7O3S/c1-11-9-12(2)23-18(22-11)25-19(27-5-7-30-8-6-27)26-31(28,29)17-15(10-21)13(3)16(20)14(4)24-17/h9H,5-8H2,1-4H3,(H,22,23,25,26). The molecule has 10 nitrogen and oxygen atoms in total. The smallest absolute Gasteiger partial charge is 0.304 e. The molecule has 12 heteroatoms. The number of aromatic nitrogens is 3. The molecule has 1 saturated heterocycles. The quantitative estimate of drug-likeness (QED) is 0.536. The summed E-state index contributed by atoms with van der Waals surface area (Å²) >= 11 is 6.15. The van der Waals surface area contributed by atoms with Gasteiger partial charge in [0.25, 0.3) is 0 Å². The molecule has 0 radical (unpaired) electrons. The molecule has 0 saturated carbocycles. The minimum atomic E-state index is -4.36. The highest BCUT2D eigenvalue weighted by atomic mass is 35.5. The van der Waals surface area contributed by atoms with Gasteiger partial charge in [-0.1, -0.05) is 11.6 Å². The van der Waals surface area contributed by atoms with E-state index in [1.54, 1.807) is 24.8 Å². The van der Waals surface area contributed by atoms with Gasteiger partial charge in [0, 0.05) is 24.5 Å². The Morgan fingerprint density at radius 3 is 2.39 bits per heavy atom. The van der Waals surface area contributed by atoms with Crippen molar-refractivity contribution in [3.63, 3.8) is 0 Å². The van der Waals surface area contributed by atoms with Crippen LogP contribution in [0.4, 0.5) is 5.95 Å². The first-order valence-electron chi connectivity index (χ1n) is 9.46. The van der Waals surface area contributed by atoms with Crippen molar-refractivity contribution in [2.45, 2.75) is 32.7 Å². The average Bonchev–Trinajstić information content (AvgIpc) is 2.71. The van der Waals surface area contributed by atoms with Crippen molar-refractivity contribution >= 4 is 33.5 Å². The molecule has 1 fully saturated rings. The lowest BCUT2D eigenvalue weighted by molar-refractivity contribution is 0.0681. The molecule has 164 valence electrons. The van der Waals surface area contributed by atoms with Crippen molar-refractivity contribution < 1.29 is 13.2 Å². The summed E-state index contributed by atoms with van der Waals surface area (Å²) in [5.74, 6) is 0.249. The second kappa shape index (κ2) is 9.13. The summed E-state index contributed by atoms with van der Waals surface area (Å²) in [5.41, 5.74) is 1.94. The first kappa shape index (κ1) is 22.9. The number of nitrogens with one attached hydrogen (secondary N) is 1. The number of guanidine groups is 1. The monoisotopic (exact) mass is 463 g/mol. The van der Waals surface area contributed by atoms with Gasteiger partial charge in [0.2, 0.25) is 11.9 Å². The first-order chi connectivity index (χ1) is 14.6. The van der Waals surface area contributed by atoms with Gasteiger partial charge >= 0.3 is 10.0 Å². The number of hydrogen-bond acceptors (Lipinski definition) is 7. The van der Waals surface area contributed by atoms with E-state index in [2.05, 4.69) is 24.7 Å². The number of nitrogens with zero attached hydrogens (tertiary/aromatic N) is 6. The van der Waals surface area contributed by atoms with E-state index in [1.165, 1.54) is 0 Å². The van der Waals surface area contributed by atoms with E-state index in [0.29, 0.717) is 37.6 Å². The number of nitriles is 1. The molecule has 1 aliphatic rings. The summed E-state index contributed by atoms with van der Waals surface area (Å²) in [7, 11) is -4.36. The number of rotatable bonds is 3. The number of halogens is 1. The molecule has 0 amide bonds. The molecule has 0 bridgehead atoms. The first-order valence-corrected chi connectivity index (χ1v) is 11.3. The van der Waals surface area contributed by atoms with E-state index in [4.69, 9.17) is 16.3 Å². The molecule has 0 spiro atoms. The second-order valence-corrected chi connectivity index (χ2v) is 8.91. The van der Waals surface area contributed by atoms with Crippen LogP contribution in [0, 0.1) is 39.0 Å². The minimum absolute atomic E-state index is 0.0317. The molecule has 3 heterocycles. The van der Waals surface area contributed by atoms with Gasteiger partial charge in [-0.15, -0.1) is 4.40 Å². The van der Waals surface area contributed by atoms with Gasteiger partial charge in [0.05, 0.1) is 29.5 Å². The maximum absolute atomic E-state index is 13.2. The lowest BCUT2D eigenvalue weighted by atomic mass is 10.1. The molecule has 2 aromatic heterocycles. The van der Waals surface area contributed by atoms with Crippen LogP contribution in [-0.2, 0) is 14.8 Å². The second-order valence-electron chi connectivity index (χ2n) is 7.02. The molecule has 0 atom stereocenters. The predicted molar refractivity (Wildman–Crippen MR) is 116 cm³/mol. The van der Waals surface area contributed by atoms with Crippen LogP contribution in [0.2, 0.25) is 5.02 Å². The molecule has 0 aromatic carbocycles. The van der Waals surface area contributed by atoms with Gasteiger partial charge in [-0.25, -0.2) is 15.0 Å². The maximum atomic E-state index is 13.2. The zero-order valence-electron chi connectivity index (χ0n) is 17.6. The van der Waals surface area contributed by atoms with Crippen molar-refractivity contribution in [3.05, 3.63) is 39.3 Å². The topological polar surface area (TPSA) is 133 Å². The van der Waals surface area contributed by atoms with E-state index in [0.717, 1.165) is 11.4 Å². The third-order valence-electron chi connectivity index (χ3n) is 4.58. The molecule has 1 aliphatic heterocycles. The van der Waals surface area contributed by atoms with Crippen LogP contribution in [0.3, 0.4) is 0 Å². The van der Waals surface area contributed by atoms with Crippen LogP contribution in [0.1, 0.15) is 28.2 Å². The van der Waals surface area contributed by atoms with Gasteiger partial charge in [0.1, 0.15) is 6.07 Å². The van der Waals surface area contributed by atoms with Gasteiger partial charge in [-0.3, -0.25) is 5.32 Å². The van der Waals surface area contributed by atoms with Crippen LogP contribution in [0.15, 0.2) is 15.5 Å². The van der Waals surface area contributed by atoms with Crippen LogP contribution in [0.5, 0.6) is 0 Å². The molecule has 31 heavy (non-hydrogen) atoms. The van der Waals surface area contributed by atoms with E-state index in [9.17, 15) is 13.7 Å². The highest BCUT2D eigenvalue weighted by Crippen LogP contribution is 2.27. The Labute approximate surface area is 186 Å². The Kier molecular flexibility index (Phi) is 6.74. The molecule has 2 aromatic rings. The lowest BCUT2D eigenvalue weighted by Crippen LogP contribution is -2.44. The van der Waals surface area contributed by atoms with Crippen LogP contribution < -0.4 is 5.32 Å². The minimum Gasteiger partial charge on any atom is -0.378 e. The lowest BCUT2D eigenvalue weighted by Gasteiger charge is -2.29. The fourth-order valence-corrected chi connectivity index (χ4v) is 4.41. The number of sulfonamides is 1. The number of ether oxygens (including phenoxy) is 1. The third kappa shape index (κ3) is 5.10. The maximum Gasteiger partial charge on any atom is 0.304 e. The number of hydrogen-bond donors (Lipinski definition) is 1. The van der Waals surface area contributed by atoms with Gasteiger partial charge in [0.15, 0.2) is 5.03 Å². The number of aryl methyl sites for hydroxylation is 3. The highest BCUT2D eigenvalue weighted by molar-refractivity contribution is 7.90. The van der Waals surface area contributed by atoms with E-state index < -0.39 is 15.0 Å². The fraction of sp³-hybridized carbons (Fsp3) is 0.421. The van der Waals surface area contributed by atoms with Gasteiger partial charge < -0.3 is 9.64 Å². The summed E-state index contributed by atoms with van der Waals surface area (Å²) in [6.45, 7) is 8.43. The third-order valence-corrected chi connectivity index (χ3v) is 6.34.